The van der Waals surface area contributed by atoms with Gasteiger partial charge in [-0.2, -0.15) is 4.99 Å². The average molecular weight is 365 g/mol. The van der Waals surface area contributed by atoms with Gasteiger partial charge in [0.15, 0.2) is 5.96 Å². The maximum Gasteiger partial charge on any atom is 0.404 e. The number of hydrogen-bond donors (Lipinski definition) is 4. The van der Waals surface area contributed by atoms with E-state index in [1.165, 1.54) is 0 Å². The minimum absolute atomic E-state index is 0.0175. The second-order valence-electron chi connectivity index (χ2n) is 4.05. The van der Waals surface area contributed by atoms with Gasteiger partial charge < -0.3 is 27.0 Å². The first-order valence-corrected chi connectivity index (χ1v) is 7.12. The molecule has 1 rings (SSSR count). The van der Waals surface area contributed by atoms with Gasteiger partial charge in [0.2, 0.25) is 0 Å². The predicted molar refractivity (Wildman–Crippen MR) is 88.2 cm³/mol. The number of rotatable bonds is 5. The minimum Gasteiger partial charge on any atom is -0.450 e. The van der Waals surface area contributed by atoms with Crippen LogP contribution in [0.2, 0.25) is 10.0 Å². The lowest BCUT2D eigenvalue weighted by Gasteiger charge is -2.03. The fraction of sp³-hybridized carbons (Fsp3) is 0.308. The van der Waals surface area contributed by atoms with Gasteiger partial charge in [-0.15, -0.1) is 0 Å². The maximum absolute atomic E-state index is 11.3. The predicted octanol–water partition coefficient (Wildman–Crippen LogP) is 0.800. The van der Waals surface area contributed by atoms with Gasteiger partial charge >= 0.3 is 6.09 Å². The Kier molecular flexibility index (Phi) is 10.5. The van der Waals surface area contributed by atoms with Crippen LogP contribution in [0.3, 0.4) is 0 Å². The molecule has 23 heavy (non-hydrogen) atoms. The van der Waals surface area contributed by atoms with Crippen LogP contribution in [-0.2, 0) is 16.0 Å². The van der Waals surface area contributed by atoms with Crippen molar-refractivity contribution in [3.05, 3.63) is 33.8 Å². The van der Waals surface area contributed by atoms with Crippen molar-refractivity contribution in [2.24, 2.45) is 22.2 Å². The molecule has 0 unspecified atom stereocenters. The number of halogens is 2. The lowest BCUT2D eigenvalue weighted by molar-refractivity contribution is -0.117. The topological polar surface area (TPSA) is 154 Å². The van der Waals surface area contributed by atoms with E-state index >= 15 is 0 Å². The van der Waals surface area contributed by atoms with E-state index in [9.17, 15) is 9.59 Å². The molecule has 0 saturated carbocycles. The third-order valence-corrected chi connectivity index (χ3v) is 2.90. The summed E-state index contributed by atoms with van der Waals surface area (Å²) in [6, 6.07) is 4.98. The van der Waals surface area contributed by atoms with Crippen LogP contribution in [0.4, 0.5) is 4.79 Å². The van der Waals surface area contributed by atoms with Crippen LogP contribution >= 0.6 is 23.2 Å². The summed E-state index contributed by atoms with van der Waals surface area (Å²) in [6.07, 6.45) is -0.363. The van der Waals surface area contributed by atoms with Crippen LogP contribution in [0.5, 0.6) is 0 Å². The van der Waals surface area contributed by atoms with Crippen LogP contribution in [-0.4, -0.2) is 36.3 Å². The van der Waals surface area contributed by atoms with E-state index in [-0.39, 0.29) is 25.6 Å². The zero-order valence-corrected chi connectivity index (χ0v) is 13.7. The van der Waals surface area contributed by atoms with Gasteiger partial charge in [-0.25, -0.2) is 4.79 Å². The molecule has 0 atom stereocenters. The largest absolute Gasteiger partial charge is 0.450 e. The van der Waals surface area contributed by atoms with Gasteiger partial charge in [0.05, 0.1) is 13.0 Å². The number of aliphatic hydroxyl groups is 1. The molecule has 0 aliphatic heterocycles. The molecular weight excluding hydrogens is 347 g/mol. The number of primary amides is 1. The number of benzene rings is 1. The van der Waals surface area contributed by atoms with E-state index < -0.39 is 12.0 Å². The van der Waals surface area contributed by atoms with Crippen LogP contribution < -0.4 is 17.2 Å². The van der Waals surface area contributed by atoms with Gasteiger partial charge in [0, 0.05) is 23.1 Å². The van der Waals surface area contributed by atoms with Crippen LogP contribution in [0.25, 0.3) is 0 Å². The number of nitrogens with two attached hydrogens (primary N) is 3. The number of carbonyl (C=O) groups excluding carboxylic acids is 2. The molecule has 7 N–H and O–H groups in total. The van der Waals surface area contributed by atoms with Crippen molar-refractivity contribution in [1.82, 2.24) is 0 Å². The molecular formula is C13H18Cl2N4O4. The van der Waals surface area contributed by atoms with Crippen molar-refractivity contribution in [2.45, 2.75) is 12.8 Å². The van der Waals surface area contributed by atoms with Crippen molar-refractivity contribution in [2.75, 3.05) is 13.2 Å². The van der Waals surface area contributed by atoms with Gasteiger partial charge in [-0.1, -0.05) is 29.3 Å². The number of aliphatic imine (C=N–C) groups is 1. The number of ether oxygens (including phenoxy) is 1. The number of aliphatic hydroxyl groups excluding tert-OH is 1. The molecule has 0 bridgehead atoms. The standard InChI is InChI=1S/C9H9Cl2N3O.C4H9NO3/c10-6-2-1-3-7(11)5(6)4-8(15)14-9(12)13;5-4(7)8-3-1-2-6/h1-3H,4H2,(H4,12,13,14,15);6H,1-3H2,(H2,5,7). The lowest BCUT2D eigenvalue weighted by Crippen LogP contribution is -2.24. The molecule has 0 aromatic heterocycles. The summed E-state index contributed by atoms with van der Waals surface area (Å²) in [6.45, 7) is 0.221. The van der Waals surface area contributed by atoms with Crippen molar-refractivity contribution >= 4 is 41.2 Å². The number of amides is 2. The molecule has 10 heteroatoms. The second-order valence-corrected chi connectivity index (χ2v) is 4.87. The molecule has 0 aliphatic rings. The van der Waals surface area contributed by atoms with E-state index in [0.29, 0.717) is 22.0 Å². The van der Waals surface area contributed by atoms with Crippen molar-refractivity contribution < 1.29 is 19.4 Å². The summed E-state index contributed by atoms with van der Waals surface area (Å²) in [7, 11) is 0. The summed E-state index contributed by atoms with van der Waals surface area (Å²) in [4.78, 5) is 24.4. The Bertz CT molecular complexity index is 543. The highest BCUT2D eigenvalue weighted by atomic mass is 35.5. The molecule has 128 valence electrons. The van der Waals surface area contributed by atoms with E-state index in [0.717, 1.165) is 0 Å². The summed E-state index contributed by atoms with van der Waals surface area (Å²) >= 11 is 11.7. The molecule has 0 radical (unpaired) electrons. The monoisotopic (exact) mass is 364 g/mol. The number of carbonyl (C=O) groups is 2. The summed E-state index contributed by atoms with van der Waals surface area (Å²) in [5.41, 5.74) is 15.2. The van der Waals surface area contributed by atoms with Gasteiger partial charge in [-0.3, -0.25) is 4.79 Å². The van der Waals surface area contributed by atoms with Crippen molar-refractivity contribution in [3.63, 3.8) is 0 Å². The highest BCUT2D eigenvalue weighted by Gasteiger charge is 2.09. The quantitative estimate of drug-likeness (QED) is 0.344. The average Bonchev–Trinajstić information content (AvgIpc) is 2.43. The fourth-order valence-electron chi connectivity index (χ4n) is 1.27. The Balaban J connectivity index is 0.000000515. The normalized spacial score (nSPS) is 9.35. The fourth-order valence-corrected chi connectivity index (χ4v) is 1.80. The van der Waals surface area contributed by atoms with Crippen LogP contribution in [0.15, 0.2) is 23.2 Å². The Labute approximate surface area is 143 Å². The minimum atomic E-state index is -0.793. The third kappa shape index (κ3) is 10.3. The molecule has 2 amide bonds. The zero-order chi connectivity index (χ0) is 17.8. The van der Waals surface area contributed by atoms with Gasteiger partial charge in [0.25, 0.3) is 5.91 Å². The van der Waals surface area contributed by atoms with E-state index in [2.05, 4.69) is 15.5 Å². The smallest absolute Gasteiger partial charge is 0.404 e. The maximum atomic E-state index is 11.3. The van der Waals surface area contributed by atoms with E-state index in [4.69, 9.17) is 39.8 Å². The van der Waals surface area contributed by atoms with Gasteiger partial charge in [-0.05, 0) is 17.7 Å². The number of nitrogens with zero attached hydrogens (tertiary/aromatic N) is 1. The Morgan fingerprint density at radius 2 is 1.74 bits per heavy atom. The number of hydrogen-bond acceptors (Lipinski definition) is 4. The van der Waals surface area contributed by atoms with Crippen LogP contribution in [0, 0.1) is 0 Å². The summed E-state index contributed by atoms with van der Waals surface area (Å²) < 4.78 is 4.26. The molecule has 0 spiro atoms. The highest BCUT2D eigenvalue weighted by molar-refractivity contribution is 6.36. The lowest BCUT2D eigenvalue weighted by atomic mass is 10.1. The Hall–Kier alpha value is -2.03. The first kappa shape index (κ1) is 21.0. The highest BCUT2D eigenvalue weighted by Crippen LogP contribution is 2.24. The number of guanidine groups is 1. The SMILES string of the molecule is NC(=O)OCCCO.NC(N)=NC(=O)Cc1c(Cl)cccc1Cl. The van der Waals surface area contributed by atoms with E-state index in [1.54, 1.807) is 18.2 Å². The van der Waals surface area contributed by atoms with Crippen molar-refractivity contribution in [3.8, 4) is 0 Å². The van der Waals surface area contributed by atoms with Gasteiger partial charge in [0.1, 0.15) is 0 Å². The summed E-state index contributed by atoms with van der Waals surface area (Å²) in [5.74, 6) is -0.756. The molecule has 0 saturated heterocycles. The molecule has 0 heterocycles. The summed E-state index contributed by atoms with van der Waals surface area (Å²) in [5, 5.41) is 8.98. The third-order valence-electron chi connectivity index (χ3n) is 2.19. The Morgan fingerprint density at radius 3 is 2.17 bits per heavy atom. The Morgan fingerprint density at radius 1 is 1.17 bits per heavy atom. The molecule has 0 aliphatic carbocycles. The second kappa shape index (κ2) is 11.5. The van der Waals surface area contributed by atoms with E-state index in [1.807, 2.05) is 0 Å². The first-order chi connectivity index (χ1) is 10.8. The first-order valence-electron chi connectivity index (χ1n) is 6.36. The van der Waals surface area contributed by atoms with Crippen molar-refractivity contribution in [1.29, 1.82) is 0 Å². The molecule has 1 aromatic rings. The zero-order valence-electron chi connectivity index (χ0n) is 12.2. The molecule has 1 aromatic carbocycles. The molecule has 8 nitrogen and oxygen atoms in total. The van der Waals surface area contributed by atoms with Crippen LogP contribution in [0.1, 0.15) is 12.0 Å². The molecule has 0 fully saturated rings.